The summed E-state index contributed by atoms with van der Waals surface area (Å²) in [6.45, 7) is 2.36. The summed E-state index contributed by atoms with van der Waals surface area (Å²) in [5.41, 5.74) is 1.76. The fourth-order valence-corrected chi connectivity index (χ4v) is 6.05. The van der Waals surface area contributed by atoms with Crippen LogP contribution in [0.25, 0.3) is 10.8 Å². The summed E-state index contributed by atoms with van der Waals surface area (Å²) in [4.78, 5) is 13.2. The van der Waals surface area contributed by atoms with Crippen LogP contribution in [0.1, 0.15) is 31.7 Å². The summed E-state index contributed by atoms with van der Waals surface area (Å²) >= 11 is 7.63. The number of fused-ring (bicyclic) bond motifs is 1. The molecule has 0 spiro atoms. The summed E-state index contributed by atoms with van der Waals surface area (Å²) in [5, 5.41) is 39.2. The van der Waals surface area contributed by atoms with Crippen molar-refractivity contribution in [2.75, 3.05) is 12.8 Å². The second-order valence-corrected chi connectivity index (χ2v) is 11.9. The van der Waals surface area contributed by atoms with E-state index in [1.54, 1.807) is 13.2 Å². The van der Waals surface area contributed by atoms with Gasteiger partial charge in [0.05, 0.1) is 17.5 Å². The fourth-order valence-electron chi connectivity index (χ4n) is 5.16. The van der Waals surface area contributed by atoms with Crippen LogP contribution in [0.3, 0.4) is 0 Å². The molecular formula is C30H39ClN2O5S. The normalized spacial score (nSPS) is 29.5. The van der Waals surface area contributed by atoms with Crippen molar-refractivity contribution in [1.82, 2.24) is 10.6 Å². The quantitative estimate of drug-likeness (QED) is 0.292. The van der Waals surface area contributed by atoms with Gasteiger partial charge in [0, 0.05) is 0 Å². The van der Waals surface area contributed by atoms with Crippen molar-refractivity contribution >= 4 is 40.0 Å². The van der Waals surface area contributed by atoms with Gasteiger partial charge in [-0.25, -0.2) is 0 Å². The zero-order valence-electron chi connectivity index (χ0n) is 22.4. The molecule has 212 valence electrons. The number of carbonyl (C=O) groups is 1. The Labute approximate surface area is 239 Å². The lowest BCUT2D eigenvalue weighted by molar-refractivity contribution is -0.205. The highest BCUT2D eigenvalue weighted by Crippen LogP contribution is 2.30. The lowest BCUT2D eigenvalue weighted by atomic mass is 9.93. The topological polar surface area (TPSA) is 111 Å². The van der Waals surface area contributed by atoms with E-state index < -0.39 is 47.3 Å². The van der Waals surface area contributed by atoms with Gasteiger partial charge in [-0.1, -0.05) is 66.3 Å². The lowest BCUT2D eigenvalue weighted by Gasteiger charge is -2.44. The first-order valence-corrected chi connectivity index (χ1v) is 15.2. The number of aliphatic hydroxyl groups excluding tert-OH is 3. The van der Waals surface area contributed by atoms with Crippen LogP contribution in [-0.4, -0.2) is 81.3 Å². The Bertz CT molecular complexity index is 1170. The van der Waals surface area contributed by atoms with Crippen molar-refractivity contribution in [3.63, 3.8) is 0 Å². The van der Waals surface area contributed by atoms with Crippen LogP contribution in [0.4, 0.5) is 0 Å². The maximum Gasteiger partial charge on any atom is 0.237 e. The zero-order chi connectivity index (χ0) is 27.9. The Morgan fingerprint density at radius 1 is 1.18 bits per heavy atom. The average molecular weight is 575 g/mol. The zero-order valence-corrected chi connectivity index (χ0v) is 23.9. The summed E-state index contributed by atoms with van der Waals surface area (Å²) in [5.74, 6) is -0.248. The molecule has 2 aliphatic heterocycles. The monoisotopic (exact) mass is 574 g/mol. The Kier molecular flexibility index (Phi) is 10.9. The van der Waals surface area contributed by atoms with E-state index >= 15 is 0 Å². The molecule has 2 heterocycles. The third-order valence-corrected chi connectivity index (χ3v) is 8.60. The molecule has 2 aromatic carbocycles. The maximum absolute atomic E-state index is 13.2. The molecule has 1 saturated heterocycles. The van der Waals surface area contributed by atoms with E-state index in [9.17, 15) is 20.1 Å². The third kappa shape index (κ3) is 7.64. The van der Waals surface area contributed by atoms with E-state index in [2.05, 4.69) is 71.3 Å². The maximum atomic E-state index is 13.2. The third-order valence-electron chi connectivity index (χ3n) is 7.48. The van der Waals surface area contributed by atoms with E-state index in [4.69, 9.17) is 16.3 Å². The van der Waals surface area contributed by atoms with E-state index in [1.165, 1.54) is 33.7 Å². The molecule has 0 bridgehead atoms. The van der Waals surface area contributed by atoms with Crippen molar-refractivity contribution in [2.45, 2.75) is 79.9 Å². The predicted octanol–water partition coefficient (Wildman–Crippen LogP) is 3.29. The van der Waals surface area contributed by atoms with E-state index in [1.807, 2.05) is 0 Å². The first-order valence-electron chi connectivity index (χ1n) is 13.5. The number of benzene rings is 2. The summed E-state index contributed by atoms with van der Waals surface area (Å²) in [7, 11) is 0. The molecule has 8 unspecified atom stereocenters. The molecule has 0 saturated carbocycles. The Balaban J connectivity index is 1.32. The van der Waals surface area contributed by atoms with Crippen molar-refractivity contribution in [3.05, 3.63) is 71.8 Å². The van der Waals surface area contributed by atoms with E-state index in [0.29, 0.717) is 13.0 Å². The number of aryl methyl sites for hydroxylation is 1. The van der Waals surface area contributed by atoms with Crippen LogP contribution in [-0.2, 0) is 16.0 Å². The van der Waals surface area contributed by atoms with E-state index in [-0.39, 0.29) is 5.91 Å². The average Bonchev–Trinajstić information content (AvgIpc) is 3.19. The molecule has 0 radical (unpaired) electrons. The number of ether oxygens (including phenoxy) is 1. The number of thioether (sulfide) groups is 1. The number of hydrogen-bond donors (Lipinski definition) is 5. The van der Waals surface area contributed by atoms with Crippen LogP contribution >= 0.6 is 23.4 Å². The minimum Gasteiger partial charge on any atom is -0.388 e. The molecule has 2 aromatic rings. The number of nitrogens with one attached hydrogen (secondary N) is 2. The Morgan fingerprint density at radius 2 is 1.95 bits per heavy atom. The van der Waals surface area contributed by atoms with Crippen molar-refractivity contribution < 1.29 is 24.9 Å². The lowest BCUT2D eigenvalue weighted by Crippen LogP contribution is -2.65. The fraction of sp³-hybridized carbons (Fsp3) is 0.500. The summed E-state index contributed by atoms with van der Waals surface area (Å²) in [6.07, 6.45) is 6.42. The molecular weight excluding hydrogens is 536 g/mol. The highest BCUT2D eigenvalue weighted by molar-refractivity contribution is 7.99. The molecule has 8 atom stereocenters. The van der Waals surface area contributed by atoms with Gasteiger partial charge in [-0.3, -0.25) is 4.79 Å². The SMILES string of the molecule is CSC1OC(C(NC(=O)C2CC=C(/C=C/CCc3ccc4ccccc4c3)CCN2)C(C)Cl)C(O)C(O)C1O. The standard InChI is InChI=1S/C30H39ClN2O5S/c1-18(31)24(28-26(35)25(34)27(36)30(38-28)39-2)33-29(37)23-14-12-19(15-16-32-23)7-3-4-8-20-11-13-21-9-5-6-10-22(21)17-20/h3,5-7,9-13,17-18,23-28,30,32,34-36H,4,8,14-16H2,1-2H3,(H,33,37)/b7-3+. The van der Waals surface area contributed by atoms with Gasteiger partial charge in [0.15, 0.2) is 0 Å². The first-order chi connectivity index (χ1) is 18.8. The van der Waals surface area contributed by atoms with Crippen LogP contribution in [0, 0.1) is 0 Å². The number of allylic oxidation sites excluding steroid dienone is 2. The minimum atomic E-state index is -1.40. The number of halogens is 1. The van der Waals surface area contributed by atoms with Crippen molar-refractivity contribution in [2.24, 2.45) is 0 Å². The smallest absolute Gasteiger partial charge is 0.237 e. The minimum absolute atomic E-state index is 0.248. The van der Waals surface area contributed by atoms with Gasteiger partial charge in [0.1, 0.15) is 29.9 Å². The van der Waals surface area contributed by atoms with Crippen molar-refractivity contribution in [3.8, 4) is 0 Å². The molecule has 2 aliphatic rings. The van der Waals surface area contributed by atoms with Gasteiger partial charge >= 0.3 is 0 Å². The van der Waals surface area contributed by atoms with Crippen LogP contribution < -0.4 is 10.6 Å². The van der Waals surface area contributed by atoms with Gasteiger partial charge in [-0.2, -0.15) is 0 Å². The molecule has 5 N–H and O–H groups in total. The molecule has 1 amide bonds. The predicted molar refractivity (Wildman–Crippen MR) is 158 cm³/mol. The van der Waals surface area contributed by atoms with Crippen LogP contribution in [0.2, 0.25) is 0 Å². The number of aliphatic hydroxyl groups is 3. The second-order valence-electron chi connectivity index (χ2n) is 10.3. The Morgan fingerprint density at radius 3 is 2.69 bits per heavy atom. The van der Waals surface area contributed by atoms with Gasteiger partial charge in [0.2, 0.25) is 5.91 Å². The number of rotatable bonds is 9. The highest BCUT2D eigenvalue weighted by atomic mass is 35.5. The van der Waals surface area contributed by atoms with Gasteiger partial charge in [-0.05, 0) is 61.7 Å². The molecule has 9 heteroatoms. The van der Waals surface area contributed by atoms with Gasteiger partial charge in [-0.15, -0.1) is 23.4 Å². The number of hydrogen-bond acceptors (Lipinski definition) is 7. The number of carbonyl (C=O) groups excluding carboxylic acids is 1. The molecule has 39 heavy (non-hydrogen) atoms. The number of alkyl halides is 1. The van der Waals surface area contributed by atoms with Gasteiger partial charge < -0.3 is 30.7 Å². The van der Waals surface area contributed by atoms with Crippen LogP contribution in [0.5, 0.6) is 0 Å². The molecule has 4 rings (SSSR count). The van der Waals surface area contributed by atoms with E-state index in [0.717, 1.165) is 19.3 Å². The van der Waals surface area contributed by atoms with Crippen LogP contribution in [0.15, 0.2) is 66.3 Å². The highest BCUT2D eigenvalue weighted by Gasteiger charge is 2.48. The first kappa shape index (κ1) is 30.1. The molecule has 7 nitrogen and oxygen atoms in total. The molecule has 0 aromatic heterocycles. The number of amides is 1. The molecule has 0 aliphatic carbocycles. The largest absolute Gasteiger partial charge is 0.388 e. The summed E-state index contributed by atoms with van der Waals surface area (Å²) < 4.78 is 5.85. The summed E-state index contributed by atoms with van der Waals surface area (Å²) in [6, 6.07) is 13.8. The van der Waals surface area contributed by atoms with Crippen molar-refractivity contribution in [1.29, 1.82) is 0 Å². The Hall–Kier alpha value is -1.91. The van der Waals surface area contributed by atoms with Gasteiger partial charge in [0.25, 0.3) is 0 Å². The molecule has 1 fully saturated rings. The second kappa shape index (κ2) is 14.1.